The Hall–Kier alpha value is -5.22. The molecule has 0 aliphatic carbocycles. The molecule has 5 aromatic rings. The van der Waals surface area contributed by atoms with Gasteiger partial charge >= 0.3 is 0 Å². The molecule has 1 aliphatic rings. The highest BCUT2D eigenvalue weighted by Crippen LogP contribution is 2.31. The number of carbonyl (C=O) groups excluding carboxylic acids is 1. The first-order valence-corrected chi connectivity index (χ1v) is 13.5. The van der Waals surface area contributed by atoms with E-state index < -0.39 is 0 Å². The van der Waals surface area contributed by atoms with Crippen molar-refractivity contribution >= 4 is 51.7 Å². The van der Waals surface area contributed by atoms with Crippen LogP contribution in [0.25, 0.3) is 16.9 Å². The molecule has 3 aromatic carbocycles. The Balaban J connectivity index is 1.36. The van der Waals surface area contributed by atoms with Gasteiger partial charge in [0.1, 0.15) is 5.52 Å². The summed E-state index contributed by atoms with van der Waals surface area (Å²) in [5.41, 5.74) is 5.43. The van der Waals surface area contributed by atoms with E-state index in [1.165, 1.54) is 11.8 Å². The van der Waals surface area contributed by atoms with Gasteiger partial charge in [-0.1, -0.05) is 36.9 Å². The molecule has 0 spiro atoms. The molecule has 3 heterocycles. The van der Waals surface area contributed by atoms with Gasteiger partial charge in [0.2, 0.25) is 17.8 Å². The molecule has 0 atom stereocenters. The van der Waals surface area contributed by atoms with Gasteiger partial charge in [-0.05, 0) is 61.7 Å². The lowest BCUT2D eigenvalue weighted by atomic mass is 10.2. The van der Waals surface area contributed by atoms with Gasteiger partial charge in [0, 0.05) is 43.2 Å². The fraction of sp³-hybridized carbons (Fsp3) is 0.161. The van der Waals surface area contributed by atoms with Crippen LogP contribution in [0.3, 0.4) is 0 Å². The third kappa shape index (κ3) is 5.73. The van der Waals surface area contributed by atoms with Crippen molar-refractivity contribution in [2.24, 2.45) is 0 Å². The Labute approximate surface area is 238 Å². The molecule has 0 saturated carbocycles. The van der Waals surface area contributed by atoms with E-state index >= 15 is 0 Å². The van der Waals surface area contributed by atoms with Gasteiger partial charge < -0.3 is 25.8 Å². The number of piperazine rings is 1. The lowest BCUT2D eigenvalue weighted by molar-refractivity contribution is -0.111. The van der Waals surface area contributed by atoms with Crippen molar-refractivity contribution in [1.82, 2.24) is 24.4 Å². The average molecular weight is 546 g/mol. The van der Waals surface area contributed by atoms with Gasteiger partial charge in [-0.3, -0.25) is 9.36 Å². The largest absolute Gasteiger partial charge is 0.369 e. The van der Waals surface area contributed by atoms with Gasteiger partial charge in [-0.25, -0.2) is 9.97 Å². The minimum Gasteiger partial charge on any atom is -0.369 e. The van der Waals surface area contributed by atoms with E-state index in [0.29, 0.717) is 34.4 Å². The second-order valence-corrected chi connectivity index (χ2v) is 9.84. The highest BCUT2D eigenvalue weighted by atomic mass is 16.1. The van der Waals surface area contributed by atoms with Gasteiger partial charge in [-0.15, -0.1) is 0 Å². The molecule has 41 heavy (non-hydrogen) atoms. The summed E-state index contributed by atoms with van der Waals surface area (Å²) in [5, 5.41) is 9.62. The molecular formula is C31H31N9O. The van der Waals surface area contributed by atoms with E-state index in [9.17, 15) is 4.79 Å². The van der Waals surface area contributed by atoms with Crippen LogP contribution in [0.5, 0.6) is 0 Å². The lowest BCUT2D eigenvalue weighted by Gasteiger charge is -2.34. The molecule has 2 aromatic heterocycles. The lowest BCUT2D eigenvalue weighted by Crippen LogP contribution is -2.44. The maximum atomic E-state index is 12.2. The number of hydrogen-bond donors (Lipinski definition) is 3. The topological polar surface area (TPSA) is 103 Å². The van der Waals surface area contributed by atoms with Crippen molar-refractivity contribution in [2.45, 2.75) is 0 Å². The number of likely N-dealkylation sites (N-methyl/N-ethyl adjacent to an activating group) is 1. The monoisotopic (exact) mass is 545 g/mol. The maximum absolute atomic E-state index is 12.2. The summed E-state index contributed by atoms with van der Waals surface area (Å²) < 4.78 is 1.88. The van der Waals surface area contributed by atoms with Crippen molar-refractivity contribution < 1.29 is 4.79 Å². The summed E-state index contributed by atoms with van der Waals surface area (Å²) in [6.07, 6.45) is 2.94. The zero-order valence-corrected chi connectivity index (χ0v) is 22.8. The van der Waals surface area contributed by atoms with Crippen LogP contribution in [-0.4, -0.2) is 63.6 Å². The maximum Gasteiger partial charge on any atom is 0.247 e. The Morgan fingerprint density at radius 1 is 0.854 bits per heavy atom. The Morgan fingerprint density at radius 3 is 2.32 bits per heavy atom. The van der Waals surface area contributed by atoms with Gasteiger partial charge in [0.05, 0.1) is 17.6 Å². The van der Waals surface area contributed by atoms with Crippen molar-refractivity contribution in [3.8, 4) is 5.69 Å². The molecule has 3 N–H and O–H groups in total. The van der Waals surface area contributed by atoms with Crippen molar-refractivity contribution in [2.75, 3.05) is 54.1 Å². The van der Waals surface area contributed by atoms with Gasteiger partial charge in [0.25, 0.3) is 0 Å². The fourth-order valence-corrected chi connectivity index (χ4v) is 4.80. The molecule has 1 fully saturated rings. The number of para-hydroxylation sites is 3. The average Bonchev–Trinajstić information content (AvgIpc) is 3.35. The molecule has 1 aliphatic heterocycles. The first kappa shape index (κ1) is 26.0. The van der Waals surface area contributed by atoms with Crippen LogP contribution in [0.2, 0.25) is 0 Å². The predicted octanol–water partition coefficient (Wildman–Crippen LogP) is 5.18. The molecule has 1 saturated heterocycles. The quantitative estimate of drug-likeness (QED) is 0.229. The number of imidazole rings is 1. The molecule has 10 heteroatoms. The molecule has 10 nitrogen and oxygen atoms in total. The molecule has 0 radical (unpaired) electrons. The number of carbonyl (C=O) groups is 1. The number of nitrogens with zero attached hydrogens (tertiary/aromatic N) is 6. The number of fused-ring (bicyclic) bond motifs is 1. The molecular weight excluding hydrogens is 514 g/mol. The first-order chi connectivity index (χ1) is 20.1. The number of anilines is 6. The van der Waals surface area contributed by atoms with E-state index in [4.69, 9.17) is 9.97 Å². The zero-order valence-electron chi connectivity index (χ0n) is 22.8. The predicted molar refractivity (Wildman–Crippen MR) is 165 cm³/mol. The van der Waals surface area contributed by atoms with Gasteiger partial charge in [-0.2, -0.15) is 4.98 Å². The summed E-state index contributed by atoms with van der Waals surface area (Å²) in [4.78, 5) is 31.2. The van der Waals surface area contributed by atoms with Crippen molar-refractivity contribution in [3.05, 3.63) is 97.7 Å². The second-order valence-electron chi connectivity index (χ2n) is 9.84. The molecule has 0 bridgehead atoms. The smallest absolute Gasteiger partial charge is 0.247 e. The van der Waals surface area contributed by atoms with E-state index in [1.54, 1.807) is 6.20 Å². The third-order valence-electron chi connectivity index (χ3n) is 7.01. The normalized spacial score (nSPS) is 13.6. The van der Waals surface area contributed by atoms with Crippen molar-refractivity contribution in [1.29, 1.82) is 0 Å². The number of nitrogens with one attached hydrogen (secondary N) is 3. The van der Waals surface area contributed by atoms with Gasteiger partial charge in [0.15, 0.2) is 5.65 Å². The standard InChI is InChI=1S/C31H31N9O/c1-3-28(41)35-25-11-7-8-12-27(25)40-29-26(36-31(40)34-22-9-5-4-6-10-22)21-32-30(37-29)33-23-13-15-24(16-14-23)39-19-17-38(2)18-20-39/h3-16,21H,1,17-20H2,2H3,(H,34,36)(H,35,41)(H,32,33,37). The third-order valence-corrected chi connectivity index (χ3v) is 7.01. The van der Waals surface area contributed by atoms with Crippen LogP contribution in [0.4, 0.5) is 34.6 Å². The fourth-order valence-electron chi connectivity index (χ4n) is 4.80. The number of rotatable bonds is 8. The summed E-state index contributed by atoms with van der Waals surface area (Å²) in [5.74, 6) is 0.663. The molecule has 6 rings (SSSR count). The minimum absolute atomic E-state index is 0.309. The number of benzene rings is 3. The number of hydrogen-bond acceptors (Lipinski definition) is 8. The zero-order chi connectivity index (χ0) is 28.2. The van der Waals surface area contributed by atoms with Crippen LogP contribution in [0.15, 0.2) is 97.7 Å². The number of amides is 1. The SMILES string of the molecule is C=CC(=O)Nc1ccccc1-n1c(Nc2ccccc2)nc2cnc(Nc3ccc(N4CCN(C)CC4)cc3)nc21. The van der Waals surface area contributed by atoms with Crippen LogP contribution in [0.1, 0.15) is 0 Å². The van der Waals surface area contributed by atoms with E-state index in [1.807, 2.05) is 71.3 Å². The summed E-state index contributed by atoms with van der Waals surface area (Å²) in [6.45, 7) is 7.73. The molecule has 206 valence electrons. The second kappa shape index (κ2) is 11.5. The Morgan fingerprint density at radius 2 is 1.56 bits per heavy atom. The Kier molecular flexibility index (Phi) is 7.29. The summed E-state index contributed by atoms with van der Waals surface area (Å²) in [7, 11) is 2.16. The minimum atomic E-state index is -0.309. The summed E-state index contributed by atoms with van der Waals surface area (Å²) in [6, 6.07) is 25.6. The van der Waals surface area contributed by atoms with E-state index in [2.05, 4.69) is 56.5 Å². The highest BCUT2D eigenvalue weighted by molar-refractivity contribution is 6.00. The molecule has 1 amide bonds. The van der Waals surface area contributed by atoms with Crippen LogP contribution < -0.4 is 20.9 Å². The molecule has 0 unspecified atom stereocenters. The van der Waals surface area contributed by atoms with Crippen molar-refractivity contribution in [3.63, 3.8) is 0 Å². The van der Waals surface area contributed by atoms with Crippen LogP contribution in [0, 0.1) is 0 Å². The highest BCUT2D eigenvalue weighted by Gasteiger charge is 2.19. The van der Waals surface area contributed by atoms with Crippen LogP contribution >= 0.6 is 0 Å². The Bertz CT molecular complexity index is 1670. The summed E-state index contributed by atoms with van der Waals surface area (Å²) >= 11 is 0. The van der Waals surface area contributed by atoms with E-state index in [-0.39, 0.29) is 5.91 Å². The number of aromatic nitrogens is 4. The van der Waals surface area contributed by atoms with Crippen LogP contribution in [-0.2, 0) is 4.79 Å². The van der Waals surface area contributed by atoms with E-state index in [0.717, 1.165) is 37.6 Å². The first-order valence-electron chi connectivity index (χ1n) is 13.5.